The number of nitriles is 1. The van der Waals surface area contributed by atoms with Crippen molar-refractivity contribution in [1.29, 1.82) is 5.26 Å². The van der Waals surface area contributed by atoms with E-state index in [4.69, 9.17) is 5.26 Å². The van der Waals surface area contributed by atoms with Crippen LogP contribution in [0.25, 0.3) is 10.8 Å². The van der Waals surface area contributed by atoms with Gasteiger partial charge in [-0.1, -0.05) is 12.1 Å². The first-order valence-corrected chi connectivity index (χ1v) is 4.97. The Morgan fingerprint density at radius 1 is 1.43 bits per heavy atom. The zero-order valence-electron chi connectivity index (χ0n) is 7.58. The van der Waals surface area contributed by atoms with Gasteiger partial charge in [0.15, 0.2) is 0 Å². The van der Waals surface area contributed by atoms with Crippen LogP contribution < -0.4 is 0 Å². The predicted molar refractivity (Wildman–Crippen MR) is 58.9 cm³/mol. The number of pyridine rings is 1. The summed E-state index contributed by atoms with van der Waals surface area (Å²) in [5.41, 5.74) is 1.63. The minimum Gasteiger partial charge on any atom is -0.260 e. The number of aryl methyl sites for hydroxylation is 1. The molecule has 0 saturated heterocycles. The molecule has 2 rings (SSSR count). The van der Waals surface area contributed by atoms with Crippen molar-refractivity contribution in [1.82, 2.24) is 4.98 Å². The molecule has 0 aliphatic heterocycles. The Labute approximate surface area is 90.3 Å². The Bertz CT molecular complexity index is 541. The van der Waals surface area contributed by atoms with E-state index in [1.807, 2.05) is 25.1 Å². The first-order valence-electron chi connectivity index (χ1n) is 4.18. The van der Waals surface area contributed by atoms with Gasteiger partial charge in [-0.25, -0.2) is 0 Å². The van der Waals surface area contributed by atoms with Gasteiger partial charge >= 0.3 is 0 Å². The van der Waals surface area contributed by atoms with Crippen LogP contribution in [0.3, 0.4) is 0 Å². The average molecular weight is 247 g/mol. The van der Waals surface area contributed by atoms with Gasteiger partial charge in [0.1, 0.15) is 0 Å². The summed E-state index contributed by atoms with van der Waals surface area (Å²) in [4.78, 5) is 4.23. The van der Waals surface area contributed by atoms with E-state index < -0.39 is 0 Å². The summed E-state index contributed by atoms with van der Waals surface area (Å²) in [5, 5.41) is 10.9. The van der Waals surface area contributed by atoms with Crippen molar-refractivity contribution in [2.24, 2.45) is 0 Å². The van der Waals surface area contributed by atoms with Crippen LogP contribution in [0.1, 0.15) is 11.3 Å². The Balaban J connectivity index is 3.01. The van der Waals surface area contributed by atoms with Crippen LogP contribution in [0.5, 0.6) is 0 Å². The molecule has 0 aliphatic rings. The van der Waals surface area contributed by atoms with Gasteiger partial charge in [0.2, 0.25) is 0 Å². The first-order chi connectivity index (χ1) is 6.74. The van der Waals surface area contributed by atoms with Gasteiger partial charge < -0.3 is 0 Å². The number of fused-ring (bicyclic) bond motifs is 1. The maximum absolute atomic E-state index is 8.96. The standard InChI is InChI=1S/C11H7BrN2/c1-7-9-4-2-3-8(5-13)11(9)10(12)6-14-7/h2-4,6H,1H3. The molecule has 0 fully saturated rings. The van der Waals surface area contributed by atoms with Gasteiger partial charge in [0.05, 0.1) is 11.6 Å². The Hall–Kier alpha value is -1.40. The SMILES string of the molecule is Cc1ncc(Br)c2c(C#N)cccc12. The summed E-state index contributed by atoms with van der Waals surface area (Å²) >= 11 is 3.41. The van der Waals surface area contributed by atoms with Crippen LogP contribution in [0.15, 0.2) is 28.9 Å². The summed E-state index contributed by atoms with van der Waals surface area (Å²) in [6.45, 7) is 1.94. The van der Waals surface area contributed by atoms with Gasteiger partial charge in [0, 0.05) is 27.1 Å². The third kappa shape index (κ3) is 1.28. The molecule has 1 heterocycles. The molecule has 1 aromatic heterocycles. The number of hydrogen-bond donors (Lipinski definition) is 0. The van der Waals surface area contributed by atoms with Gasteiger partial charge in [-0.05, 0) is 28.9 Å². The number of halogens is 1. The monoisotopic (exact) mass is 246 g/mol. The Morgan fingerprint density at radius 3 is 2.93 bits per heavy atom. The maximum atomic E-state index is 8.96. The lowest BCUT2D eigenvalue weighted by molar-refractivity contribution is 1.22. The topological polar surface area (TPSA) is 36.7 Å². The molecule has 1 aromatic carbocycles. The molecule has 0 saturated carbocycles. The number of benzene rings is 1. The molecule has 0 amide bonds. The van der Waals surface area contributed by atoms with Crippen molar-refractivity contribution in [2.75, 3.05) is 0 Å². The fourth-order valence-electron chi connectivity index (χ4n) is 1.49. The third-order valence-electron chi connectivity index (χ3n) is 2.19. The highest BCUT2D eigenvalue weighted by Crippen LogP contribution is 2.27. The lowest BCUT2D eigenvalue weighted by Crippen LogP contribution is -1.87. The van der Waals surface area contributed by atoms with E-state index in [1.54, 1.807) is 6.20 Å². The second kappa shape index (κ2) is 3.39. The van der Waals surface area contributed by atoms with Crippen molar-refractivity contribution in [3.8, 4) is 6.07 Å². The van der Waals surface area contributed by atoms with E-state index in [1.165, 1.54) is 0 Å². The highest BCUT2D eigenvalue weighted by atomic mass is 79.9. The second-order valence-electron chi connectivity index (χ2n) is 3.03. The van der Waals surface area contributed by atoms with Crippen molar-refractivity contribution in [2.45, 2.75) is 6.92 Å². The van der Waals surface area contributed by atoms with Crippen LogP contribution in [-0.2, 0) is 0 Å². The smallest absolute Gasteiger partial charge is 0.0998 e. The number of nitrogens with zero attached hydrogens (tertiary/aromatic N) is 2. The quantitative estimate of drug-likeness (QED) is 0.716. The molecule has 68 valence electrons. The van der Waals surface area contributed by atoms with E-state index in [9.17, 15) is 0 Å². The van der Waals surface area contributed by atoms with Crippen LogP contribution in [0.4, 0.5) is 0 Å². The number of rotatable bonds is 0. The van der Waals surface area contributed by atoms with Crippen molar-refractivity contribution in [3.05, 3.63) is 40.1 Å². The normalized spacial score (nSPS) is 10.1. The fraction of sp³-hybridized carbons (Fsp3) is 0.0909. The predicted octanol–water partition coefficient (Wildman–Crippen LogP) is 3.18. The number of hydrogen-bond acceptors (Lipinski definition) is 2. The van der Waals surface area contributed by atoms with Gasteiger partial charge in [0.25, 0.3) is 0 Å². The van der Waals surface area contributed by atoms with Crippen molar-refractivity contribution in [3.63, 3.8) is 0 Å². The molecule has 0 aliphatic carbocycles. The number of aromatic nitrogens is 1. The van der Waals surface area contributed by atoms with Crippen LogP contribution >= 0.6 is 15.9 Å². The van der Waals surface area contributed by atoms with Crippen LogP contribution in [-0.4, -0.2) is 4.98 Å². The van der Waals surface area contributed by atoms with E-state index in [0.29, 0.717) is 5.56 Å². The molecule has 0 atom stereocenters. The Morgan fingerprint density at radius 2 is 2.21 bits per heavy atom. The van der Waals surface area contributed by atoms with Gasteiger partial charge in [-0.15, -0.1) is 0 Å². The zero-order chi connectivity index (χ0) is 10.1. The molecule has 0 N–H and O–H groups in total. The Kier molecular flexibility index (Phi) is 2.22. The highest BCUT2D eigenvalue weighted by Gasteiger charge is 2.06. The van der Waals surface area contributed by atoms with Crippen LogP contribution in [0, 0.1) is 18.3 Å². The van der Waals surface area contributed by atoms with Gasteiger partial charge in [-0.2, -0.15) is 5.26 Å². The van der Waals surface area contributed by atoms with Crippen molar-refractivity contribution >= 4 is 26.7 Å². The highest BCUT2D eigenvalue weighted by molar-refractivity contribution is 9.10. The molecule has 3 heteroatoms. The van der Waals surface area contributed by atoms with E-state index in [2.05, 4.69) is 27.0 Å². The minimum atomic E-state index is 0.680. The molecule has 0 bridgehead atoms. The van der Waals surface area contributed by atoms with Crippen LogP contribution in [0.2, 0.25) is 0 Å². The maximum Gasteiger partial charge on any atom is 0.0998 e. The molecular weight excluding hydrogens is 240 g/mol. The second-order valence-corrected chi connectivity index (χ2v) is 3.89. The van der Waals surface area contributed by atoms with Crippen molar-refractivity contribution < 1.29 is 0 Å². The lowest BCUT2D eigenvalue weighted by atomic mass is 10.1. The summed E-state index contributed by atoms with van der Waals surface area (Å²) in [6, 6.07) is 7.84. The summed E-state index contributed by atoms with van der Waals surface area (Å²) in [5.74, 6) is 0. The molecule has 0 spiro atoms. The van der Waals surface area contributed by atoms with E-state index >= 15 is 0 Å². The molecule has 2 aromatic rings. The first kappa shape index (κ1) is 9.17. The zero-order valence-corrected chi connectivity index (χ0v) is 9.17. The summed E-state index contributed by atoms with van der Waals surface area (Å²) in [6.07, 6.45) is 1.73. The largest absolute Gasteiger partial charge is 0.260 e. The molecule has 2 nitrogen and oxygen atoms in total. The molecule has 0 unspecified atom stereocenters. The average Bonchev–Trinajstić information content (AvgIpc) is 2.23. The molecule has 0 radical (unpaired) electrons. The summed E-state index contributed by atoms with van der Waals surface area (Å²) < 4.78 is 0.871. The van der Waals surface area contributed by atoms with E-state index in [0.717, 1.165) is 20.9 Å². The minimum absolute atomic E-state index is 0.680. The third-order valence-corrected chi connectivity index (χ3v) is 2.79. The molecular formula is C11H7BrN2. The molecule has 14 heavy (non-hydrogen) atoms. The summed E-state index contributed by atoms with van der Waals surface area (Å²) in [7, 11) is 0. The lowest BCUT2D eigenvalue weighted by Gasteiger charge is -2.04. The van der Waals surface area contributed by atoms with Gasteiger partial charge in [-0.3, -0.25) is 4.98 Å². The van der Waals surface area contributed by atoms with E-state index in [-0.39, 0.29) is 0 Å². The fourth-order valence-corrected chi connectivity index (χ4v) is 2.02.